The van der Waals surface area contributed by atoms with Gasteiger partial charge in [0.05, 0.1) is 30.2 Å². The van der Waals surface area contributed by atoms with Gasteiger partial charge in [-0.15, -0.1) is 0 Å². The van der Waals surface area contributed by atoms with E-state index in [9.17, 15) is 4.79 Å². The van der Waals surface area contributed by atoms with E-state index in [1.54, 1.807) is 0 Å². The molecule has 0 saturated carbocycles. The Balaban J connectivity index is 1.91. The molecule has 1 saturated heterocycles. The van der Waals surface area contributed by atoms with Gasteiger partial charge in [-0.3, -0.25) is 4.79 Å². The minimum Gasteiger partial charge on any atom is -0.378 e. The van der Waals surface area contributed by atoms with Gasteiger partial charge < -0.3 is 9.64 Å². The van der Waals surface area contributed by atoms with Crippen molar-refractivity contribution >= 4 is 33.2 Å². The van der Waals surface area contributed by atoms with Gasteiger partial charge in [-0.2, -0.15) is 10.1 Å². The Labute approximate surface area is 144 Å². The minimum atomic E-state index is -0.0705. The van der Waals surface area contributed by atoms with Crippen LogP contribution >= 0.6 is 15.9 Å². The topological polar surface area (TPSA) is 45.1 Å². The summed E-state index contributed by atoms with van der Waals surface area (Å²) < 4.78 is 6.38. The molecule has 1 amide bonds. The first-order valence-corrected chi connectivity index (χ1v) is 8.47. The van der Waals surface area contributed by atoms with Crippen LogP contribution in [0, 0.1) is 13.8 Å². The van der Waals surface area contributed by atoms with Crippen LogP contribution in [0.3, 0.4) is 0 Å². The molecule has 1 fully saturated rings. The van der Waals surface area contributed by atoms with E-state index in [1.807, 2.05) is 39.1 Å². The molecule has 0 aliphatic carbocycles. The zero-order valence-corrected chi connectivity index (χ0v) is 15.2. The van der Waals surface area contributed by atoms with Crippen molar-refractivity contribution in [2.24, 2.45) is 5.10 Å². The molecule has 5 nitrogen and oxygen atoms in total. The van der Waals surface area contributed by atoms with Gasteiger partial charge in [-0.05, 0) is 44.0 Å². The van der Waals surface area contributed by atoms with Crippen molar-refractivity contribution < 1.29 is 9.53 Å². The monoisotopic (exact) mass is 377 g/mol. The third-order valence-electron chi connectivity index (χ3n) is 4.34. The van der Waals surface area contributed by atoms with Gasteiger partial charge in [0.1, 0.15) is 0 Å². The van der Waals surface area contributed by atoms with Gasteiger partial charge in [0.15, 0.2) is 0 Å². The number of hydrogen-bond donors (Lipinski definition) is 0. The zero-order valence-electron chi connectivity index (χ0n) is 13.6. The molecular weight excluding hydrogens is 358 g/mol. The van der Waals surface area contributed by atoms with Gasteiger partial charge in [-0.1, -0.05) is 15.9 Å². The van der Waals surface area contributed by atoms with Gasteiger partial charge >= 0.3 is 0 Å². The van der Waals surface area contributed by atoms with Gasteiger partial charge in [0.25, 0.3) is 5.91 Å². The Bertz CT molecular complexity index is 706. The Morgan fingerprint density at radius 3 is 2.57 bits per heavy atom. The van der Waals surface area contributed by atoms with Crippen LogP contribution in [0.5, 0.6) is 0 Å². The molecule has 0 aromatic heterocycles. The van der Waals surface area contributed by atoms with Crippen LogP contribution in [0.25, 0.3) is 0 Å². The Kier molecular flexibility index (Phi) is 4.55. The van der Waals surface area contributed by atoms with Crippen LogP contribution in [-0.2, 0) is 9.53 Å². The van der Waals surface area contributed by atoms with E-state index >= 15 is 0 Å². The smallest absolute Gasteiger partial charge is 0.282 e. The van der Waals surface area contributed by atoms with E-state index in [0.717, 1.165) is 40.1 Å². The molecule has 2 heterocycles. The fourth-order valence-electron chi connectivity index (χ4n) is 2.72. The predicted molar refractivity (Wildman–Crippen MR) is 94.7 cm³/mol. The molecule has 0 spiro atoms. The van der Waals surface area contributed by atoms with Crippen molar-refractivity contribution in [3.8, 4) is 0 Å². The maximum absolute atomic E-state index is 12.8. The standard InChI is InChI=1S/C17H20BrN3O2/c1-11-12(2)16(5-4-15(11)18)21-17(22)14(13(3)19-21)10-20-6-8-23-9-7-20/h4-5,10H,6-9H2,1-3H3/b14-10-. The number of carbonyl (C=O) groups is 1. The summed E-state index contributed by atoms with van der Waals surface area (Å²) in [5.41, 5.74) is 4.42. The molecule has 0 atom stereocenters. The molecule has 1 aromatic rings. The normalized spacial score (nSPS) is 20.4. The van der Waals surface area contributed by atoms with Crippen molar-refractivity contribution in [2.45, 2.75) is 20.8 Å². The lowest BCUT2D eigenvalue weighted by atomic mass is 10.1. The second-order valence-corrected chi connectivity index (χ2v) is 6.66. The lowest BCUT2D eigenvalue weighted by Crippen LogP contribution is -2.33. The fourth-order valence-corrected chi connectivity index (χ4v) is 3.15. The van der Waals surface area contributed by atoms with Crippen LogP contribution in [0.1, 0.15) is 18.1 Å². The van der Waals surface area contributed by atoms with Gasteiger partial charge in [0, 0.05) is 23.8 Å². The highest BCUT2D eigenvalue weighted by atomic mass is 79.9. The van der Waals surface area contributed by atoms with Gasteiger partial charge in [0.2, 0.25) is 0 Å². The maximum Gasteiger partial charge on any atom is 0.282 e. The third-order valence-corrected chi connectivity index (χ3v) is 5.20. The van der Waals surface area contributed by atoms with Crippen LogP contribution in [0.2, 0.25) is 0 Å². The molecular formula is C17H20BrN3O2. The first-order valence-electron chi connectivity index (χ1n) is 7.68. The molecule has 3 rings (SSSR count). The Morgan fingerprint density at radius 2 is 1.87 bits per heavy atom. The summed E-state index contributed by atoms with van der Waals surface area (Å²) in [7, 11) is 0. The summed E-state index contributed by atoms with van der Waals surface area (Å²) in [5, 5.41) is 5.99. The van der Waals surface area contributed by atoms with E-state index in [1.165, 1.54) is 5.01 Å². The van der Waals surface area contributed by atoms with Crippen LogP contribution in [0.4, 0.5) is 5.69 Å². The summed E-state index contributed by atoms with van der Waals surface area (Å²) in [6.45, 7) is 8.93. The molecule has 0 radical (unpaired) electrons. The van der Waals surface area contributed by atoms with E-state index < -0.39 is 0 Å². The van der Waals surface area contributed by atoms with E-state index in [0.29, 0.717) is 18.8 Å². The molecule has 0 unspecified atom stereocenters. The number of carbonyl (C=O) groups excluding carboxylic acids is 1. The first kappa shape index (κ1) is 16.2. The maximum atomic E-state index is 12.8. The summed E-state index contributed by atoms with van der Waals surface area (Å²) in [5.74, 6) is -0.0705. The number of ether oxygens (including phenoxy) is 1. The minimum absolute atomic E-state index is 0.0705. The number of hydrazone groups is 1. The zero-order chi connectivity index (χ0) is 16.6. The third kappa shape index (κ3) is 3.05. The molecule has 122 valence electrons. The highest BCUT2D eigenvalue weighted by Crippen LogP contribution is 2.32. The number of nitrogens with zero attached hydrogens (tertiary/aromatic N) is 3. The fraction of sp³-hybridized carbons (Fsp3) is 0.412. The summed E-state index contributed by atoms with van der Waals surface area (Å²) in [6.07, 6.45) is 1.92. The van der Waals surface area contributed by atoms with Crippen molar-refractivity contribution in [1.29, 1.82) is 0 Å². The second kappa shape index (κ2) is 6.45. The molecule has 23 heavy (non-hydrogen) atoms. The van der Waals surface area contributed by atoms with Crippen LogP contribution < -0.4 is 5.01 Å². The van der Waals surface area contributed by atoms with Crippen LogP contribution in [0.15, 0.2) is 33.5 Å². The SMILES string of the molecule is CC1=NN(c2ccc(Br)c(C)c2C)C(=O)/C1=C\N1CCOCC1. The lowest BCUT2D eigenvalue weighted by Gasteiger charge is -2.25. The first-order chi connectivity index (χ1) is 11.0. The van der Waals surface area contributed by atoms with E-state index in [2.05, 4.69) is 25.9 Å². The predicted octanol–water partition coefficient (Wildman–Crippen LogP) is 3.00. The number of benzene rings is 1. The number of amides is 1. The number of anilines is 1. The molecule has 0 bridgehead atoms. The van der Waals surface area contributed by atoms with Crippen molar-refractivity contribution in [3.63, 3.8) is 0 Å². The largest absolute Gasteiger partial charge is 0.378 e. The number of morpholine rings is 1. The average Bonchev–Trinajstić information content (AvgIpc) is 2.82. The molecule has 2 aliphatic heterocycles. The quantitative estimate of drug-likeness (QED) is 0.744. The summed E-state index contributed by atoms with van der Waals surface area (Å²) in [4.78, 5) is 14.9. The van der Waals surface area contributed by atoms with E-state index in [4.69, 9.17) is 4.74 Å². The number of hydrogen-bond acceptors (Lipinski definition) is 4. The molecule has 6 heteroatoms. The Hall–Kier alpha value is -1.66. The summed E-state index contributed by atoms with van der Waals surface area (Å²) in [6, 6.07) is 3.89. The molecule has 1 aromatic carbocycles. The van der Waals surface area contributed by atoms with Crippen molar-refractivity contribution in [1.82, 2.24) is 4.90 Å². The average molecular weight is 378 g/mol. The molecule has 2 aliphatic rings. The summed E-state index contributed by atoms with van der Waals surface area (Å²) >= 11 is 3.52. The highest BCUT2D eigenvalue weighted by Gasteiger charge is 2.30. The Morgan fingerprint density at radius 1 is 1.17 bits per heavy atom. The van der Waals surface area contributed by atoms with Gasteiger partial charge in [-0.25, -0.2) is 0 Å². The van der Waals surface area contributed by atoms with E-state index in [-0.39, 0.29) is 5.91 Å². The lowest BCUT2D eigenvalue weighted by molar-refractivity contribution is -0.114. The molecule has 0 N–H and O–H groups in total. The van der Waals surface area contributed by atoms with Crippen LogP contribution in [-0.4, -0.2) is 42.8 Å². The number of rotatable bonds is 2. The van der Waals surface area contributed by atoms with Crippen molar-refractivity contribution in [3.05, 3.63) is 39.5 Å². The number of halogens is 1. The van der Waals surface area contributed by atoms with Crippen molar-refractivity contribution in [2.75, 3.05) is 31.3 Å². The second-order valence-electron chi connectivity index (χ2n) is 5.81. The highest BCUT2D eigenvalue weighted by molar-refractivity contribution is 9.10.